The molecule has 1 aromatic carbocycles. The van der Waals surface area contributed by atoms with E-state index in [0.717, 1.165) is 25.4 Å². The highest BCUT2D eigenvalue weighted by Gasteiger charge is 2.27. The van der Waals surface area contributed by atoms with Crippen molar-refractivity contribution in [3.63, 3.8) is 0 Å². The molecule has 112 valence electrons. The highest BCUT2D eigenvalue weighted by molar-refractivity contribution is 7.89. The number of piperazine rings is 1. The van der Waals surface area contributed by atoms with E-state index in [4.69, 9.17) is 4.74 Å². The smallest absolute Gasteiger partial charge is 0.214 e. The average Bonchev–Trinajstić information content (AvgIpc) is 2.48. The lowest BCUT2D eigenvalue weighted by Crippen LogP contribution is -3.13. The zero-order valence-corrected chi connectivity index (χ0v) is 12.9. The van der Waals surface area contributed by atoms with Crippen LogP contribution in [-0.2, 0) is 16.6 Å². The zero-order valence-electron chi connectivity index (χ0n) is 12.1. The number of ether oxygens (including phenoxy) is 1. The average molecular weight is 299 g/mol. The van der Waals surface area contributed by atoms with Gasteiger partial charge in [0.2, 0.25) is 10.0 Å². The Labute approximate surface area is 121 Å². The van der Waals surface area contributed by atoms with Crippen molar-refractivity contribution in [1.82, 2.24) is 4.31 Å². The molecule has 1 fully saturated rings. The Hall–Kier alpha value is -1.11. The molecule has 6 heteroatoms. The van der Waals surface area contributed by atoms with Crippen molar-refractivity contribution < 1.29 is 18.1 Å². The molecule has 20 heavy (non-hydrogen) atoms. The molecule has 0 amide bonds. The van der Waals surface area contributed by atoms with E-state index in [1.165, 1.54) is 10.5 Å². The van der Waals surface area contributed by atoms with Crippen molar-refractivity contribution in [1.29, 1.82) is 0 Å². The molecule has 1 N–H and O–H groups in total. The summed E-state index contributed by atoms with van der Waals surface area (Å²) in [4.78, 5) is 1.40. The SMILES string of the molecule is CCS(=O)(=O)N1CC[NH+](Cc2ccccc2OC)CC1. The molecule has 0 aliphatic carbocycles. The van der Waals surface area contributed by atoms with Gasteiger partial charge >= 0.3 is 0 Å². The molecule has 1 aliphatic heterocycles. The standard InChI is InChI=1S/C14H22N2O3S/c1-3-20(17,18)16-10-8-15(9-11-16)12-13-6-4-5-7-14(13)19-2/h4-7H,3,8-12H2,1-2H3/p+1. The van der Waals surface area contributed by atoms with Crippen LogP contribution in [0.4, 0.5) is 0 Å². The van der Waals surface area contributed by atoms with Crippen molar-refractivity contribution in [2.75, 3.05) is 39.0 Å². The lowest BCUT2D eigenvalue weighted by molar-refractivity contribution is -0.917. The Bertz CT molecular complexity index is 537. The largest absolute Gasteiger partial charge is 0.496 e. The van der Waals surface area contributed by atoms with Crippen molar-refractivity contribution in [3.8, 4) is 5.75 Å². The van der Waals surface area contributed by atoms with E-state index in [1.54, 1.807) is 18.3 Å². The number of sulfonamides is 1. The van der Waals surface area contributed by atoms with Gasteiger partial charge in [-0.15, -0.1) is 0 Å². The summed E-state index contributed by atoms with van der Waals surface area (Å²) < 4.78 is 30.6. The number of nitrogens with one attached hydrogen (secondary N) is 1. The first-order chi connectivity index (χ1) is 9.56. The molecule has 0 spiro atoms. The van der Waals surface area contributed by atoms with E-state index in [-0.39, 0.29) is 5.75 Å². The summed E-state index contributed by atoms with van der Waals surface area (Å²) in [5.74, 6) is 1.10. The van der Waals surface area contributed by atoms with Crippen LogP contribution >= 0.6 is 0 Å². The summed E-state index contributed by atoms with van der Waals surface area (Å²) in [6, 6.07) is 8.01. The second kappa shape index (κ2) is 6.56. The first-order valence-electron chi connectivity index (χ1n) is 7.00. The topological polar surface area (TPSA) is 51.0 Å². The van der Waals surface area contributed by atoms with Crippen LogP contribution in [0.3, 0.4) is 0 Å². The van der Waals surface area contributed by atoms with Crippen molar-refractivity contribution in [2.24, 2.45) is 0 Å². The predicted molar refractivity (Wildman–Crippen MR) is 78.4 cm³/mol. The van der Waals surface area contributed by atoms with Gasteiger partial charge in [0.1, 0.15) is 12.3 Å². The number of hydrogen-bond acceptors (Lipinski definition) is 3. The second-order valence-corrected chi connectivity index (χ2v) is 7.30. The monoisotopic (exact) mass is 299 g/mol. The minimum absolute atomic E-state index is 0.189. The maximum Gasteiger partial charge on any atom is 0.214 e. The van der Waals surface area contributed by atoms with Gasteiger partial charge in [0.25, 0.3) is 0 Å². The summed E-state index contributed by atoms with van der Waals surface area (Å²) in [6.07, 6.45) is 0. The molecule has 5 nitrogen and oxygen atoms in total. The highest BCUT2D eigenvalue weighted by Crippen LogP contribution is 2.16. The van der Waals surface area contributed by atoms with E-state index in [0.29, 0.717) is 13.1 Å². The fourth-order valence-electron chi connectivity index (χ4n) is 2.56. The van der Waals surface area contributed by atoms with Crippen LogP contribution < -0.4 is 9.64 Å². The van der Waals surface area contributed by atoms with E-state index in [2.05, 4.69) is 6.07 Å². The molecule has 0 aromatic heterocycles. The molecule has 2 rings (SSSR count). The number of hydrogen-bond donors (Lipinski definition) is 1. The summed E-state index contributed by atoms with van der Waals surface area (Å²) in [6.45, 7) is 5.49. The number of nitrogens with zero attached hydrogens (tertiary/aromatic N) is 1. The summed E-state index contributed by atoms with van der Waals surface area (Å²) in [7, 11) is -1.35. The highest BCUT2D eigenvalue weighted by atomic mass is 32.2. The van der Waals surface area contributed by atoms with Crippen LogP contribution in [-0.4, -0.2) is 51.8 Å². The summed E-state index contributed by atoms with van der Waals surface area (Å²) in [5, 5.41) is 0. The number of para-hydroxylation sites is 1. The Balaban J connectivity index is 1.95. The molecule has 0 saturated carbocycles. The number of methoxy groups -OCH3 is 1. The number of quaternary nitrogens is 1. The Morgan fingerprint density at radius 2 is 1.90 bits per heavy atom. The third-order valence-corrected chi connectivity index (χ3v) is 5.70. The summed E-state index contributed by atoms with van der Waals surface area (Å²) in [5.41, 5.74) is 1.18. The van der Waals surface area contributed by atoms with Gasteiger partial charge in [0.15, 0.2) is 0 Å². The molecule has 0 radical (unpaired) electrons. The van der Waals surface area contributed by atoms with E-state index in [9.17, 15) is 8.42 Å². The third-order valence-electron chi connectivity index (χ3n) is 3.82. The second-order valence-electron chi connectivity index (χ2n) is 5.04. The van der Waals surface area contributed by atoms with Crippen LogP contribution in [0.1, 0.15) is 12.5 Å². The lowest BCUT2D eigenvalue weighted by Gasteiger charge is -2.31. The molecular formula is C14H23N2O3S+. The van der Waals surface area contributed by atoms with Gasteiger partial charge in [-0.2, -0.15) is 4.31 Å². The molecule has 1 saturated heterocycles. The van der Waals surface area contributed by atoms with Gasteiger partial charge in [0.05, 0.1) is 39.0 Å². The van der Waals surface area contributed by atoms with E-state index < -0.39 is 10.0 Å². The first-order valence-corrected chi connectivity index (χ1v) is 8.61. The maximum absolute atomic E-state index is 11.8. The maximum atomic E-state index is 11.8. The molecule has 1 heterocycles. The number of rotatable bonds is 5. The van der Waals surface area contributed by atoms with Gasteiger partial charge in [-0.05, 0) is 19.1 Å². The van der Waals surface area contributed by atoms with Gasteiger partial charge in [0, 0.05) is 5.56 Å². The van der Waals surface area contributed by atoms with Crippen LogP contribution in [0.5, 0.6) is 5.75 Å². The van der Waals surface area contributed by atoms with Crippen molar-refractivity contribution in [2.45, 2.75) is 13.5 Å². The van der Waals surface area contributed by atoms with Crippen LogP contribution in [0.15, 0.2) is 24.3 Å². The fraction of sp³-hybridized carbons (Fsp3) is 0.571. The minimum Gasteiger partial charge on any atom is -0.496 e. The van der Waals surface area contributed by atoms with Crippen LogP contribution in [0, 0.1) is 0 Å². The predicted octanol–water partition coefficient (Wildman–Crippen LogP) is -0.255. The minimum atomic E-state index is -3.04. The normalized spacial score (nSPS) is 18.1. The molecule has 1 aromatic rings. The Morgan fingerprint density at radius 1 is 1.25 bits per heavy atom. The number of benzene rings is 1. The Kier molecular flexibility index (Phi) is 5.01. The molecule has 0 unspecified atom stereocenters. The van der Waals surface area contributed by atoms with Gasteiger partial charge < -0.3 is 9.64 Å². The fourth-order valence-corrected chi connectivity index (χ4v) is 3.66. The molecule has 1 aliphatic rings. The van der Waals surface area contributed by atoms with Crippen LogP contribution in [0.25, 0.3) is 0 Å². The lowest BCUT2D eigenvalue weighted by atomic mass is 10.2. The molecular weight excluding hydrogens is 276 g/mol. The van der Waals surface area contributed by atoms with E-state index >= 15 is 0 Å². The Morgan fingerprint density at radius 3 is 2.50 bits per heavy atom. The molecule has 0 bridgehead atoms. The van der Waals surface area contributed by atoms with E-state index in [1.807, 2.05) is 18.2 Å². The van der Waals surface area contributed by atoms with Crippen molar-refractivity contribution >= 4 is 10.0 Å². The molecule has 0 atom stereocenters. The quantitative estimate of drug-likeness (QED) is 0.815. The van der Waals surface area contributed by atoms with Gasteiger partial charge in [-0.25, -0.2) is 8.42 Å². The zero-order chi connectivity index (χ0) is 14.6. The van der Waals surface area contributed by atoms with Gasteiger partial charge in [-0.3, -0.25) is 0 Å². The van der Waals surface area contributed by atoms with Crippen LogP contribution in [0.2, 0.25) is 0 Å². The summed E-state index contributed by atoms with van der Waals surface area (Å²) >= 11 is 0. The third kappa shape index (κ3) is 3.50. The van der Waals surface area contributed by atoms with Crippen molar-refractivity contribution in [3.05, 3.63) is 29.8 Å². The van der Waals surface area contributed by atoms with Gasteiger partial charge in [-0.1, -0.05) is 12.1 Å². The first kappa shape index (κ1) is 15.3.